The normalized spacial score (nSPS) is 16.1. The SMILES string of the molecule is COc1ccc(-c2nnc(SCCOc3ccccc3)n2CC2CCCO2)cc1. The molecular formula is C22H25N3O3S. The lowest BCUT2D eigenvalue weighted by molar-refractivity contribution is 0.0953. The molecule has 1 aliphatic heterocycles. The summed E-state index contributed by atoms with van der Waals surface area (Å²) in [6.07, 6.45) is 2.39. The highest BCUT2D eigenvalue weighted by molar-refractivity contribution is 7.99. The summed E-state index contributed by atoms with van der Waals surface area (Å²) in [5.41, 5.74) is 1.02. The van der Waals surface area contributed by atoms with Crippen LogP contribution in [0.4, 0.5) is 0 Å². The fourth-order valence-electron chi connectivity index (χ4n) is 3.31. The van der Waals surface area contributed by atoms with Crippen molar-refractivity contribution < 1.29 is 14.2 Å². The van der Waals surface area contributed by atoms with E-state index in [1.807, 2.05) is 54.6 Å². The number of aromatic nitrogens is 3. The maximum Gasteiger partial charge on any atom is 0.191 e. The van der Waals surface area contributed by atoms with Crippen molar-refractivity contribution in [1.29, 1.82) is 0 Å². The smallest absolute Gasteiger partial charge is 0.191 e. The lowest BCUT2D eigenvalue weighted by Crippen LogP contribution is -2.17. The molecule has 3 aromatic rings. The molecule has 152 valence electrons. The summed E-state index contributed by atoms with van der Waals surface area (Å²) in [6, 6.07) is 17.8. The second-order valence-electron chi connectivity index (χ2n) is 6.79. The van der Waals surface area contributed by atoms with Gasteiger partial charge >= 0.3 is 0 Å². The van der Waals surface area contributed by atoms with Crippen molar-refractivity contribution in [1.82, 2.24) is 14.8 Å². The predicted octanol–water partition coefficient (Wildman–Crippen LogP) is 4.30. The van der Waals surface area contributed by atoms with Gasteiger partial charge in [-0.25, -0.2) is 0 Å². The Bertz CT molecular complexity index is 893. The summed E-state index contributed by atoms with van der Waals surface area (Å²) >= 11 is 1.66. The standard InChI is InChI=1S/C22H25N3O3S/c1-26-18-11-9-17(10-12-18)21-23-24-22(25(21)16-20-8-5-13-27-20)29-15-14-28-19-6-3-2-4-7-19/h2-4,6-7,9-12,20H,5,8,13-16H2,1H3. The summed E-state index contributed by atoms with van der Waals surface area (Å²) in [5, 5.41) is 9.82. The minimum absolute atomic E-state index is 0.211. The third-order valence-electron chi connectivity index (χ3n) is 4.80. The zero-order valence-electron chi connectivity index (χ0n) is 16.5. The van der Waals surface area contributed by atoms with E-state index in [-0.39, 0.29) is 6.10 Å². The van der Waals surface area contributed by atoms with Gasteiger partial charge in [0.2, 0.25) is 0 Å². The number of methoxy groups -OCH3 is 1. The highest BCUT2D eigenvalue weighted by Crippen LogP contribution is 2.27. The van der Waals surface area contributed by atoms with Crippen LogP contribution in [0.5, 0.6) is 11.5 Å². The molecule has 1 aliphatic rings. The molecule has 0 radical (unpaired) electrons. The lowest BCUT2D eigenvalue weighted by atomic mass is 10.2. The molecule has 29 heavy (non-hydrogen) atoms. The Labute approximate surface area is 175 Å². The molecule has 1 aromatic heterocycles. The molecule has 4 rings (SSSR count). The Morgan fingerprint density at radius 3 is 2.62 bits per heavy atom. The van der Waals surface area contributed by atoms with Crippen molar-refractivity contribution in [2.24, 2.45) is 0 Å². The van der Waals surface area contributed by atoms with Crippen molar-refractivity contribution in [3.63, 3.8) is 0 Å². The molecule has 0 amide bonds. The van der Waals surface area contributed by atoms with Crippen molar-refractivity contribution in [3.8, 4) is 22.9 Å². The molecule has 1 unspecified atom stereocenters. The van der Waals surface area contributed by atoms with Gasteiger partial charge in [-0.3, -0.25) is 4.57 Å². The van der Waals surface area contributed by atoms with E-state index >= 15 is 0 Å². The zero-order chi connectivity index (χ0) is 19.9. The Balaban J connectivity index is 1.47. The molecule has 6 nitrogen and oxygen atoms in total. The minimum atomic E-state index is 0.211. The first kappa shape index (κ1) is 19.8. The van der Waals surface area contributed by atoms with Gasteiger partial charge in [0.15, 0.2) is 11.0 Å². The molecule has 0 saturated carbocycles. The first-order chi connectivity index (χ1) is 14.3. The Morgan fingerprint density at radius 1 is 1.07 bits per heavy atom. The third-order valence-corrected chi connectivity index (χ3v) is 5.73. The number of hydrogen-bond donors (Lipinski definition) is 0. The second-order valence-corrected chi connectivity index (χ2v) is 7.85. The fraction of sp³-hybridized carbons (Fsp3) is 0.364. The van der Waals surface area contributed by atoms with Gasteiger partial charge < -0.3 is 14.2 Å². The van der Waals surface area contributed by atoms with Crippen LogP contribution < -0.4 is 9.47 Å². The van der Waals surface area contributed by atoms with Crippen molar-refractivity contribution >= 4 is 11.8 Å². The van der Waals surface area contributed by atoms with E-state index in [9.17, 15) is 0 Å². The van der Waals surface area contributed by atoms with Gasteiger partial charge in [-0.1, -0.05) is 30.0 Å². The maximum atomic E-state index is 5.86. The van der Waals surface area contributed by atoms with E-state index in [0.29, 0.717) is 6.61 Å². The van der Waals surface area contributed by atoms with E-state index in [2.05, 4.69) is 14.8 Å². The summed E-state index contributed by atoms with van der Waals surface area (Å²) < 4.78 is 19.1. The van der Waals surface area contributed by atoms with Crippen LogP contribution in [0.1, 0.15) is 12.8 Å². The molecule has 1 atom stereocenters. The highest BCUT2D eigenvalue weighted by atomic mass is 32.2. The average molecular weight is 412 g/mol. The van der Waals surface area contributed by atoms with Crippen molar-refractivity contribution in [3.05, 3.63) is 54.6 Å². The van der Waals surface area contributed by atoms with Gasteiger partial charge in [-0.05, 0) is 49.2 Å². The van der Waals surface area contributed by atoms with Crippen LogP contribution in [0, 0.1) is 0 Å². The summed E-state index contributed by atoms with van der Waals surface area (Å²) in [4.78, 5) is 0. The number of para-hydroxylation sites is 1. The van der Waals surface area contributed by atoms with Crippen LogP contribution in [0.2, 0.25) is 0 Å². The molecule has 0 aliphatic carbocycles. The van der Waals surface area contributed by atoms with Gasteiger partial charge in [0.25, 0.3) is 0 Å². The number of thioether (sulfide) groups is 1. The number of benzene rings is 2. The summed E-state index contributed by atoms with van der Waals surface area (Å²) in [6.45, 7) is 2.20. The molecule has 0 N–H and O–H groups in total. The topological polar surface area (TPSA) is 58.4 Å². The number of hydrogen-bond acceptors (Lipinski definition) is 6. The molecule has 7 heteroatoms. The highest BCUT2D eigenvalue weighted by Gasteiger charge is 2.21. The van der Waals surface area contributed by atoms with E-state index in [1.165, 1.54) is 0 Å². The van der Waals surface area contributed by atoms with Gasteiger partial charge in [-0.2, -0.15) is 0 Å². The first-order valence-electron chi connectivity index (χ1n) is 9.83. The van der Waals surface area contributed by atoms with E-state index in [0.717, 1.165) is 59.8 Å². The Kier molecular flexibility index (Phi) is 6.69. The summed E-state index contributed by atoms with van der Waals surface area (Å²) in [5.74, 6) is 3.36. The number of nitrogens with zero attached hydrogens (tertiary/aromatic N) is 3. The molecular weight excluding hydrogens is 386 g/mol. The molecule has 2 heterocycles. The van der Waals surface area contributed by atoms with E-state index in [1.54, 1.807) is 18.9 Å². The number of rotatable bonds is 9. The average Bonchev–Trinajstić information content (AvgIpc) is 3.43. The van der Waals surface area contributed by atoms with Crippen LogP contribution in [-0.2, 0) is 11.3 Å². The molecule has 2 aromatic carbocycles. The Morgan fingerprint density at radius 2 is 1.90 bits per heavy atom. The number of ether oxygens (including phenoxy) is 3. The van der Waals surface area contributed by atoms with Crippen LogP contribution in [0.15, 0.2) is 59.8 Å². The third kappa shape index (κ3) is 5.10. The molecule has 1 saturated heterocycles. The zero-order valence-corrected chi connectivity index (χ0v) is 17.3. The van der Waals surface area contributed by atoms with Gasteiger partial charge in [0.05, 0.1) is 26.4 Å². The van der Waals surface area contributed by atoms with E-state index < -0.39 is 0 Å². The van der Waals surface area contributed by atoms with Gasteiger partial charge in [-0.15, -0.1) is 10.2 Å². The Hall–Kier alpha value is -2.51. The summed E-state index contributed by atoms with van der Waals surface area (Å²) in [7, 11) is 1.67. The van der Waals surface area contributed by atoms with Crippen LogP contribution in [-0.4, -0.2) is 46.9 Å². The monoisotopic (exact) mass is 411 g/mol. The largest absolute Gasteiger partial charge is 0.497 e. The van der Waals surface area contributed by atoms with E-state index in [4.69, 9.17) is 14.2 Å². The first-order valence-corrected chi connectivity index (χ1v) is 10.8. The fourth-order valence-corrected chi connectivity index (χ4v) is 4.08. The van der Waals surface area contributed by atoms with Crippen LogP contribution >= 0.6 is 11.8 Å². The lowest BCUT2D eigenvalue weighted by Gasteiger charge is -2.15. The minimum Gasteiger partial charge on any atom is -0.497 e. The van der Waals surface area contributed by atoms with Gasteiger partial charge in [0.1, 0.15) is 11.5 Å². The van der Waals surface area contributed by atoms with Crippen molar-refractivity contribution in [2.75, 3.05) is 26.1 Å². The predicted molar refractivity (Wildman–Crippen MR) is 114 cm³/mol. The maximum absolute atomic E-state index is 5.86. The molecule has 1 fully saturated rings. The second kappa shape index (κ2) is 9.80. The van der Waals surface area contributed by atoms with Crippen molar-refractivity contribution in [2.45, 2.75) is 30.6 Å². The molecule has 0 spiro atoms. The van der Waals surface area contributed by atoms with Crippen LogP contribution in [0.3, 0.4) is 0 Å². The van der Waals surface area contributed by atoms with Gasteiger partial charge in [0, 0.05) is 17.9 Å². The van der Waals surface area contributed by atoms with Crippen LogP contribution in [0.25, 0.3) is 11.4 Å². The molecule has 0 bridgehead atoms. The quantitative estimate of drug-likeness (QED) is 0.386.